The second-order valence-corrected chi connectivity index (χ2v) is 6.69. The monoisotopic (exact) mass is 344 g/mol. The molecular formula is C19H24N2O4. The summed E-state index contributed by atoms with van der Waals surface area (Å²) in [6.45, 7) is 3.40. The standard InChI is InChI=1S/C19H24N2O4/c1-11(19(23)24)20-18(22)17-12(2)21(13-6-4-5-7-13)16-9-8-14(25-3)10-15(16)17/h8-11,13H,4-7H2,1-3H3,(H,20,22)(H,23,24). The Kier molecular flexibility index (Phi) is 4.70. The Morgan fingerprint density at radius 3 is 2.60 bits per heavy atom. The van der Waals surface area contributed by atoms with E-state index in [9.17, 15) is 9.59 Å². The highest BCUT2D eigenvalue weighted by Crippen LogP contribution is 2.38. The van der Waals surface area contributed by atoms with Gasteiger partial charge in [0.05, 0.1) is 12.7 Å². The van der Waals surface area contributed by atoms with Crippen molar-refractivity contribution in [2.24, 2.45) is 0 Å². The van der Waals surface area contributed by atoms with Crippen LogP contribution in [0.25, 0.3) is 10.9 Å². The van der Waals surface area contributed by atoms with Crippen LogP contribution in [0.5, 0.6) is 5.75 Å². The van der Waals surface area contributed by atoms with Crippen molar-refractivity contribution in [3.8, 4) is 5.75 Å². The molecule has 25 heavy (non-hydrogen) atoms. The number of fused-ring (bicyclic) bond motifs is 1. The largest absolute Gasteiger partial charge is 0.497 e. The smallest absolute Gasteiger partial charge is 0.325 e. The molecule has 0 radical (unpaired) electrons. The van der Waals surface area contributed by atoms with Gasteiger partial charge in [-0.2, -0.15) is 0 Å². The zero-order valence-electron chi connectivity index (χ0n) is 14.8. The molecule has 6 heteroatoms. The fourth-order valence-corrected chi connectivity index (χ4v) is 3.80. The first-order valence-electron chi connectivity index (χ1n) is 8.66. The molecule has 6 nitrogen and oxygen atoms in total. The first kappa shape index (κ1) is 17.3. The van der Waals surface area contributed by atoms with Crippen molar-refractivity contribution in [2.45, 2.75) is 51.6 Å². The molecule has 1 fully saturated rings. The highest BCUT2D eigenvalue weighted by Gasteiger charge is 2.27. The van der Waals surface area contributed by atoms with E-state index in [-0.39, 0.29) is 5.91 Å². The predicted molar refractivity (Wildman–Crippen MR) is 95.3 cm³/mol. The Morgan fingerprint density at radius 1 is 1.32 bits per heavy atom. The van der Waals surface area contributed by atoms with Crippen LogP contribution in [0, 0.1) is 6.92 Å². The molecule has 1 aromatic carbocycles. The first-order valence-corrected chi connectivity index (χ1v) is 8.66. The number of benzene rings is 1. The first-order chi connectivity index (χ1) is 11.9. The lowest BCUT2D eigenvalue weighted by atomic mass is 10.1. The number of methoxy groups -OCH3 is 1. The van der Waals surface area contributed by atoms with Gasteiger partial charge in [0.15, 0.2) is 0 Å². The van der Waals surface area contributed by atoms with E-state index >= 15 is 0 Å². The summed E-state index contributed by atoms with van der Waals surface area (Å²) in [6.07, 6.45) is 4.58. The normalized spacial score (nSPS) is 16.1. The molecule has 1 aliphatic rings. The summed E-state index contributed by atoms with van der Waals surface area (Å²) in [7, 11) is 1.59. The quantitative estimate of drug-likeness (QED) is 0.872. The molecule has 3 rings (SSSR count). The average molecular weight is 344 g/mol. The molecular weight excluding hydrogens is 320 g/mol. The molecule has 2 N–H and O–H groups in total. The van der Waals surface area contributed by atoms with Crippen LogP contribution in [-0.4, -0.2) is 34.7 Å². The molecule has 134 valence electrons. The van der Waals surface area contributed by atoms with Crippen LogP contribution in [0.4, 0.5) is 0 Å². The van der Waals surface area contributed by atoms with Gasteiger partial charge in [0.2, 0.25) is 0 Å². The van der Waals surface area contributed by atoms with E-state index in [4.69, 9.17) is 9.84 Å². The van der Waals surface area contributed by atoms with Crippen LogP contribution in [-0.2, 0) is 4.79 Å². The van der Waals surface area contributed by atoms with E-state index in [0.29, 0.717) is 17.4 Å². The number of hydrogen-bond donors (Lipinski definition) is 2. The van der Waals surface area contributed by atoms with E-state index in [1.165, 1.54) is 19.8 Å². The molecule has 2 aromatic rings. The molecule has 0 bridgehead atoms. The van der Waals surface area contributed by atoms with Crippen molar-refractivity contribution < 1.29 is 19.4 Å². The number of nitrogens with one attached hydrogen (secondary N) is 1. The minimum atomic E-state index is -1.05. The van der Waals surface area contributed by atoms with Crippen LogP contribution < -0.4 is 10.1 Å². The van der Waals surface area contributed by atoms with Crippen molar-refractivity contribution in [3.05, 3.63) is 29.5 Å². The van der Waals surface area contributed by atoms with Gasteiger partial charge in [-0.3, -0.25) is 9.59 Å². The van der Waals surface area contributed by atoms with Crippen molar-refractivity contribution >= 4 is 22.8 Å². The summed E-state index contributed by atoms with van der Waals surface area (Å²) in [5.41, 5.74) is 2.41. The van der Waals surface area contributed by atoms with Crippen LogP contribution >= 0.6 is 0 Å². The molecule has 1 aliphatic carbocycles. The average Bonchev–Trinajstić information content (AvgIpc) is 3.18. The Labute approximate surface area is 146 Å². The third-order valence-corrected chi connectivity index (χ3v) is 5.09. The number of carbonyl (C=O) groups excluding carboxylic acids is 1. The van der Waals surface area contributed by atoms with Gasteiger partial charge in [-0.05, 0) is 44.9 Å². The lowest BCUT2D eigenvalue weighted by Crippen LogP contribution is -2.38. The topological polar surface area (TPSA) is 80.6 Å². The zero-order chi connectivity index (χ0) is 18.1. The van der Waals surface area contributed by atoms with Crippen molar-refractivity contribution in [1.82, 2.24) is 9.88 Å². The number of carboxylic acid groups (broad SMARTS) is 1. The summed E-state index contributed by atoms with van der Waals surface area (Å²) in [5.74, 6) is -0.734. The zero-order valence-corrected chi connectivity index (χ0v) is 14.8. The molecule has 1 heterocycles. The third kappa shape index (κ3) is 3.08. The Bertz CT molecular complexity index is 818. The van der Waals surface area contributed by atoms with E-state index in [0.717, 1.165) is 29.4 Å². The van der Waals surface area contributed by atoms with Crippen molar-refractivity contribution in [3.63, 3.8) is 0 Å². The SMILES string of the molecule is COc1ccc2c(c1)c(C(=O)NC(C)C(=O)O)c(C)n2C1CCCC1. The lowest BCUT2D eigenvalue weighted by molar-refractivity contribution is -0.138. The van der Waals surface area contributed by atoms with Crippen LogP contribution in [0.15, 0.2) is 18.2 Å². The van der Waals surface area contributed by atoms with Crippen LogP contribution in [0.1, 0.15) is 54.7 Å². The van der Waals surface area contributed by atoms with Gasteiger partial charge in [-0.15, -0.1) is 0 Å². The minimum Gasteiger partial charge on any atom is -0.497 e. The molecule has 0 spiro atoms. The second-order valence-electron chi connectivity index (χ2n) is 6.69. The number of hydrogen-bond acceptors (Lipinski definition) is 3. The van der Waals surface area contributed by atoms with Gasteiger partial charge in [0, 0.05) is 22.6 Å². The molecule has 1 atom stereocenters. The molecule has 1 amide bonds. The summed E-state index contributed by atoms with van der Waals surface area (Å²) in [6, 6.07) is 5.18. The highest BCUT2D eigenvalue weighted by atomic mass is 16.5. The van der Waals surface area contributed by atoms with Gasteiger partial charge in [-0.25, -0.2) is 0 Å². The van der Waals surface area contributed by atoms with E-state index in [2.05, 4.69) is 9.88 Å². The predicted octanol–water partition coefficient (Wildman–Crippen LogP) is 3.28. The molecule has 1 unspecified atom stereocenters. The van der Waals surface area contributed by atoms with E-state index in [1.54, 1.807) is 7.11 Å². The maximum absolute atomic E-state index is 12.8. The maximum Gasteiger partial charge on any atom is 0.325 e. The number of carboxylic acids is 1. The highest BCUT2D eigenvalue weighted by molar-refractivity contribution is 6.09. The molecule has 1 aromatic heterocycles. The Morgan fingerprint density at radius 2 is 2.00 bits per heavy atom. The van der Waals surface area contributed by atoms with Crippen LogP contribution in [0.3, 0.4) is 0 Å². The molecule has 0 saturated heterocycles. The summed E-state index contributed by atoms with van der Waals surface area (Å²) in [4.78, 5) is 23.9. The lowest BCUT2D eigenvalue weighted by Gasteiger charge is -2.16. The van der Waals surface area contributed by atoms with Crippen LogP contribution in [0.2, 0.25) is 0 Å². The van der Waals surface area contributed by atoms with Gasteiger partial charge < -0.3 is 19.7 Å². The number of aromatic nitrogens is 1. The van der Waals surface area contributed by atoms with E-state index < -0.39 is 12.0 Å². The maximum atomic E-state index is 12.8. The third-order valence-electron chi connectivity index (χ3n) is 5.09. The fourth-order valence-electron chi connectivity index (χ4n) is 3.80. The van der Waals surface area contributed by atoms with Gasteiger partial charge in [-0.1, -0.05) is 12.8 Å². The number of ether oxygens (including phenoxy) is 1. The van der Waals surface area contributed by atoms with Crippen molar-refractivity contribution in [2.75, 3.05) is 7.11 Å². The number of carbonyl (C=O) groups is 2. The number of nitrogens with zero attached hydrogens (tertiary/aromatic N) is 1. The number of aliphatic carboxylic acids is 1. The molecule has 1 saturated carbocycles. The van der Waals surface area contributed by atoms with Crippen molar-refractivity contribution in [1.29, 1.82) is 0 Å². The summed E-state index contributed by atoms with van der Waals surface area (Å²) in [5, 5.41) is 12.5. The second kappa shape index (κ2) is 6.78. The van der Waals surface area contributed by atoms with E-state index in [1.807, 2.05) is 25.1 Å². The Hall–Kier alpha value is -2.50. The summed E-state index contributed by atoms with van der Waals surface area (Å²) < 4.78 is 7.55. The number of rotatable bonds is 5. The number of amides is 1. The minimum absolute atomic E-state index is 0.359. The van der Waals surface area contributed by atoms with Gasteiger partial charge in [0.25, 0.3) is 5.91 Å². The van der Waals surface area contributed by atoms with Gasteiger partial charge in [0.1, 0.15) is 11.8 Å². The molecule has 0 aliphatic heterocycles. The summed E-state index contributed by atoms with van der Waals surface area (Å²) >= 11 is 0. The Balaban J connectivity index is 2.13. The fraction of sp³-hybridized carbons (Fsp3) is 0.474. The van der Waals surface area contributed by atoms with Gasteiger partial charge >= 0.3 is 5.97 Å².